The standard InChI is InChI=1S/C28H37N5O4S/c1-28(2,3)37-27(36)29-15-9-16-33-22-14-13-19(25(35)32(4)20-10-6-5-7-11-20)18-21(22)30-26(33)31-24(34)23-12-8-17-38-23/h8,12-14,17-18,20H,5-7,9-11,15-16H2,1-4H3,(H,29,36)(H,30,31,34). The minimum atomic E-state index is -0.565. The third kappa shape index (κ3) is 6.92. The highest BCUT2D eigenvalue weighted by Crippen LogP contribution is 2.26. The van der Waals surface area contributed by atoms with Gasteiger partial charge in [-0.05, 0) is 69.7 Å². The molecule has 1 saturated carbocycles. The van der Waals surface area contributed by atoms with E-state index < -0.39 is 11.7 Å². The van der Waals surface area contributed by atoms with Crippen molar-refractivity contribution in [2.24, 2.45) is 0 Å². The number of aromatic nitrogens is 2. The van der Waals surface area contributed by atoms with Crippen molar-refractivity contribution >= 4 is 46.2 Å². The number of fused-ring (bicyclic) bond motifs is 1. The lowest BCUT2D eigenvalue weighted by atomic mass is 9.94. The van der Waals surface area contributed by atoms with Crippen molar-refractivity contribution in [3.63, 3.8) is 0 Å². The number of rotatable bonds is 8. The highest BCUT2D eigenvalue weighted by Gasteiger charge is 2.24. The van der Waals surface area contributed by atoms with Gasteiger partial charge in [0.15, 0.2) is 0 Å². The first-order valence-corrected chi connectivity index (χ1v) is 14.1. The summed E-state index contributed by atoms with van der Waals surface area (Å²) in [6.45, 7) is 6.35. The van der Waals surface area contributed by atoms with Crippen LogP contribution in [0.5, 0.6) is 0 Å². The molecule has 0 saturated heterocycles. The number of hydrogen-bond donors (Lipinski definition) is 2. The maximum atomic E-state index is 13.3. The molecule has 3 aromatic rings. The van der Waals surface area contributed by atoms with Crippen LogP contribution in [0.2, 0.25) is 0 Å². The number of hydrogen-bond acceptors (Lipinski definition) is 6. The monoisotopic (exact) mass is 539 g/mol. The molecule has 10 heteroatoms. The van der Waals surface area contributed by atoms with Gasteiger partial charge in [-0.3, -0.25) is 14.9 Å². The second kappa shape index (κ2) is 12.0. The predicted octanol–water partition coefficient (Wildman–Crippen LogP) is 5.67. The number of carbonyl (C=O) groups is 3. The summed E-state index contributed by atoms with van der Waals surface area (Å²) in [5.41, 5.74) is 1.46. The van der Waals surface area contributed by atoms with Crippen LogP contribution in [0.15, 0.2) is 35.7 Å². The zero-order valence-electron chi connectivity index (χ0n) is 22.6. The van der Waals surface area contributed by atoms with Crippen LogP contribution in [-0.2, 0) is 11.3 Å². The van der Waals surface area contributed by atoms with Gasteiger partial charge in [-0.15, -0.1) is 11.3 Å². The smallest absolute Gasteiger partial charge is 0.407 e. The molecule has 0 aliphatic heterocycles. The van der Waals surface area contributed by atoms with E-state index in [0.717, 1.165) is 31.2 Å². The number of carbonyl (C=O) groups excluding carboxylic acids is 3. The van der Waals surface area contributed by atoms with Gasteiger partial charge in [0, 0.05) is 31.7 Å². The van der Waals surface area contributed by atoms with E-state index in [-0.39, 0.29) is 17.9 Å². The Morgan fingerprint density at radius 1 is 1.16 bits per heavy atom. The molecular formula is C28H37N5O4S. The number of benzene rings is 1. The van der Waals surface area contributed by atoms with Gasteiger partial charge in [-0.2, -0.15) is 0 Å². The molecule has 0 bridgehead atoms. The molecule has 1 fully saturated rings. The quantitative estimate of drug-likeness (QED) is 0.359. The summed E-state index contributed by atoms with van der Waals surface area (Å²) in [5.74, 6) is 0.150. The Bertz CT molecular complexity index is 1270. The van der Waals surface area contributed by atoms with Gasteiger partial charge in [-0.25, -0.2) is 9.78 Å². The van der Waals surface area contributed by atoms with E-state index in [1.165, 1.54) is 17.8 Å². The minimum Gasteiger partial charge on any atom is -0.444 e. The van der Waals surface area contributed by atoms with Crippen molar-refractivity contribution in [2.45, 2.75) is 77.5 Å². The molecule has 0 radical (unpaired) electrons. The average molecular weight is 540 g/mol. The molecule has 1 aromatic carbocycles. The fourth-order valence-corrected chi connectivity index (χ4v) is 5.35. The summed E-state index contributed by atoms with van der Waals surface area (Å²) in [6.07, 6.45) is 5.74. The topological polar surface area (TPSA) is 106 Å². The SMILES string of the molecule is CN(C(=O)c1ccc2c(c1)nc(NC(=O)c1cccs1)n2CCCNC(=O)OC(C)(C)C)C1CCCCC1. The van der Waals surface area contributed by atoms with Crippen molar-refractivity contribution < 1.29 is 19.1 Å². The Hall–Kier alpha value is -3.40. The zero-order chi connectivity index (χ0) is 27.3. The molecule has 1 aliphatic rings. The van der Waals surface area contributed by atoms with E-state index in [1.807, 2.05) is 60.9 Å². The normalized spacial score (nSPS) is 14.3. The number of imidazole rings is 1. The summed E-state index contributed by atoms with van der Waals surface area (Å²) < 4.78 is 7.21. The second-order valence-electron chi connectivity index (χ2n) is 10.7. The van der Waals surface area contributed by atoms with E-state index in [4.69, 9.17) is 9.72 Å². The van der Waals surface area contributed by atoms with Gasteiger partial charge in [0.2, 0.25) is 5.95 Å². The number of alkyl carbamates (subject to hydrolysis) is 1. The summed E-state index contributed by atoms with van der Waals surface area (Å²) in [5, 5.41) is 7.54. The van der Waals surface area contributed by atoms with Gasteiger partial charge < -0.3 is 19.5 Å². The van der Waals surface area contributed by atoms with Crippen molar-refractivity contribution in [1.82, 2.24) is 19.8 Å². The molecule has 1 aliphatic carbocycles. The maximum absolute atomic E-state index is 13.3. The third-order valence-electron chi connectivity index (χ3n) is 6.63. The molecule has 0 unspecified atom stereocenters. The molecule has 2 N–H and O–H groups in total. The Labute approximate surface area is 227 Å². The molecule has 0 atom stereocenters. The van der Waals surface area contributed by atoms with Gasteiger partial charge in [0.25, 0.3) is 11.8 Å². The maximum Gasteiger partial charge on any atom is 0.407 e. The summed E-state index contributed by atoms with van der Waals surface area (Å²) in [7, 11) is 1.88. The minimum absolute atomic E-state index is 0.0147. The predicted molar refractivity (Wildman–Crippen MR) is 150 cm³/mol. The van der Waals surface area contributed by atoms with Gasteiger partial charge >= 0.3 is 6.09 Å². The van der Waals surface area contributed by atoms with Crippen LogP contribution >= 0.6 is 11.3 Å². The van der Waals surface area contributed by atoms with Gasteiger partial charge in [0.1, 0.15) is 5.60 Å². The number of thiophene rings is 1. The molecular weight excluding hydrogens is 502 g/mol. The van der Waals surface area contributed by atoms with Crippen LogP contribution < -0.4 is 10.6 Å². The summed E-state index contributed by atoms with van der Waals surface area (Å²) in [4.78, 5) is 45.2. The fourth-order valence-electron chi connectivity index (χ4n) is 4.74. The van der Waals surface area contributed by atoms with Crippen LogP contribution in [0.25, 0.3) is 11.0 Å². The Morgan fingerprint density at radius 2 is 1.92 bits per heavy atom. The average Bonchev–Trinajstić information content (AvgIpc) is 3.53. The Kier molecular flexibility index (Phi) is 8.71. The Morgan fingerprint density at radius 3 is 2.61 bits per heavy atom. The first-order valence-electron chi connectivity index (χ1n) is 13.2. The number of amides is 3. The van der Waals surface area contributed by atoms with E-state index >= 15 is 0 Å². The van der Waals surface area contributed by atoms with E-state index in [9.17, 15) is 14.4 Å². The molecule has 9 nitrogen and oxygen atoms in total. The third-order valence-corrected chi connectivity index (χ3v) is 7.50. The number of nitrogens with zero attached hydrogens (tertiary/aromatic N) is 3. The lowest BCUT2D eigenvalue weighted by Crippen LogP contribution is -2.38. The number of nitrogens with one attached hydrogen (secondary N) is 2. The van der Waals surface area contributed by atoms with Crippen molar-refractivity contribution in [3.8, 4) is 0 Å². The van der Waals surface area contributed by atoms with Crippen LogP contribution in [0.3, 0.4) is 0 Å². The number of ether oxygens (including phenoxy) is 1. The van der Waals surface area contributed by atoms with E-state index in [0.29, 0.717) is 41.4 Å². The van der Waals surface area contributed by atoms with E-state index in [2.05, 4.69) is 10.6 Å². The van der Waals surface area contributed by atoms with Crippen LogP contribution in [-0.4, -0.2) is 57.6 Å². The van der Waals surface area contributed by atoms with Crippen LogP contribution in [0.1, 0.15) is 79.3 Å². The molecule has 2 aromatic heterocycles. The number of anilines is 1. The molecule has 38 heavy (non-hydrogen) atoms. The largest absolute Gasteiger partial charge is 0.444 e. The molecule has 4 rings (SSSR count). The van der Waals surface area contributed by atoms with Crippen LogP contribution in [0.4, 0.5) is 10.7 Å². The van der Waals surface area contributed by atoms with Gasteiger partial charge in [0.05, 0.1) is 15.9 Å². The van der Waals surface area contributed by atoms with Crippen molar-refractivity contribution in [1.29, 1.82) is 0 Å². The highest BCUT2D eigenvalue weighted by molar-refractivity contribution is 7.12. The lowest BCUT2D eigenvalue weighted by molar-refractivity contribution is 0.0526. The lowest BCUT2D eigenvalue weighted by Gasteiger charge is -2.31. The fraction of sp³-hybridized carbons (Fsp3) is 0.500. The van der Waals surface area contributed by atoms with Gasteiger partial charge in [-0.1, -0.05) is 25.3 Å². The molecule has 204 valence electrons. The van der Waals surface area contributed by atoms with Crippen LogP contribution in [0, 0.1) is 0 Å². The molecule has 0 spiro atoms. The first kappa shape index (κ1) is 27.6. The van der Waals surface area contributed by atoms with E-state index in [1.54, 1.807) is 12.1 Å². The summed E-state index contributed by atoms with van der Waals surface area (Å²) in [6, 6.07) is 9.36. The zero-order valence-corrected chi connectivity index (χ0v) is 23.4. The highest BCUT2D eigenvalue weighted by atomic mass is 32.1. The molecule has 2 heterocycles. The van der Waals surface area contributed by atoms with Crippen molar-refractivity contribution in [2.75, 3.05) is 18.9 Å². The molecule has 3 amide bonds. The summed E-state index contributed by atoms with van der Waals surface area (Å²) >= 11 is 1.35. The second-order valence-corrected chi connectivity index (χ2v) is 11.7. The number of aryl methyl sites for hydroxylation is 1. The van der Waals surface area contributed by atoms with Crippen molar-refractivity contribution in [3.05, 3.63) is 46.2 Å². The Balaban J connectivity index is 1.53. The first-order chi connectivity index (χ1) is 18.1.